The summed E-state index contributed by atoms with van der Waals surface area (Å²) in [6.45, 7) is 9.91. The third-order valence-corrected chi connectivity index (χ3v) is 8.71. The Labute approximate surface area is 235 Å². The highest BCUT2D eigenvalue weighted by molar-refractivity contribution is 7.93. The molecule has 1 aliphatic rings. The van der Waals surface area contributed by atoms with Crippen LogP contribution in [0.2, 0.25) is 0 Å². The monoisotopic (exact) mass is 558 g/mol. The second-order valence-electron chi connectivity index (χ2n) is 9.89. The van der Waals surface area contributed by atoms with Crippen LogP contribution in [0.1, 0.15) is 18.1 Å². The summed E-state index contributed by atoms with van der Waals surface area (Å²) >= 11 is 0. The summed E-state index contributed by atoms with van der Waals surface area (Å²) in [5.41, 5.74) is 3.89. The van der Waals surface area contributed by atoms with Crippen LogP contribution in [0.3, 0.4) is 0 Å². The first kappa shape index (κ1) is 27.5. The van der Waals surface area contributed by atoms with Gasteiger partial charge in [-0.2, -0.15) is 0 Å². The number of rotatable bonds is 9. The van der Waals surface area contributed by atoms with Crippen LogP contribution < -0.4 is 14.2 Å². The van der Waals surface area contributed by atoms with Crippen molar-refractivity contribution in [1.82, 2.24) is 14.8 Å². The van der Waals surface area contributed by atoms with E-state index in [0.29, 0.717) is 11.2 Å². The van der Waals surface area contributed by atoms with Gasteiger partial charge in [0.25, 0.3) is 10.0 Å². The number of nitrogens with one attached hydrogen (secondary N) is 1. The minimum Gasteiger partial charge on any atom is -0.493 e. The van der Waals surface area contributed by atoms with Crippen LogP contribution in [-0.4, -0.2) is 63.1 Å². The highest BCUT2D eigenvalue weighted by atomic mass is 32.2. The van der Waals surface area contributed by atoms with Crippen molar-refractivity contribution in [3.05, 3.63) is 96.7 Å². The number of aromatic nitrogens is 1. The molecule has 1 aliphatic heterocycles. The number of hydrogen-bond acceptors (Lipinski definition) is 7. The smallest absolute Gasteiger partial charge is 0.264 e. The van der Waals surface area contributed by atoms with Crippen LogP contribution in [0.4, 0.5) is 5.69 Å². The van der Waals surface area contributed by atoms with E-state index in [1.54, 1.807) is 50.7 Å². The molecule has 208 valence electrons. The van der Waals surface area contributed by atoms with Gasteiger partial charge < -0.3 is 14.4 Å². The fourth-order valence-electron chi connectivity index (χ4n) is 5.30. The Hall–Kier alpha value is -4.08. The van der Waals surface area contributed by atoms with E-state index in [4.69, 9.17) is 9.47 Å². The van der Waals surface area contributed by atoms with Crippen molar-refractivity contribution in [1.29, 1.82) is 0 Å². The molecule has 0 saturated carbocycles. The van der Waals surface area contributed by atoms with E-state index >= 15 is 0 Å². The highest BCUT2D eigenvalue weighted by Gasteiger charge is 2.26. The molecule has 1 unspecified atom stereocenters. The first-order valence-electron chi connectivity index (χ1n) is 13.2. The molecule has 2 heterocycles. The highest BCUT2D eigenvalue weighted by Crippen LogP contribution is 2.33. The van der Waals surface area contributed by atoms with Crippen LogP contribution >= 0.6 is 0 Å². The first-order chi connectivity index (χ1) is 19.3. The zero-order chi connectivity index (χ0) is 28.3. The van der Waals surface area contributed by atoms with Gasteiger partial charge in [0, 0.05) is 60.8 Å². The van der Waals surface area contributed by atoms with Crippen LogP contribution in [0, 0.1) is 0 Å². The van der Waals surface area contributed by atoms with Gasteiger partial charge in [0.05, 0.1) is 19.7 Å². The minimum absolute atomic E-state index is 0.150. The van der Waals surface area contributed by atoms with Gasteiger partial charge >= 0.3 is 0 Å². The second-order valence-corrected chi connectivity index (χ2v) is 11.5. The van der Waals surface area contributed by atoms with Crippen molar-refractivity contribution >= 4 is 32.3 Å². The number of anilines is 1. The Balaban J connectivity index is 1.24. The predicted octanol–water partition coefficient (Wildman–Crippen LogP) is 5.23. The van der Waals surface area contributed by atoms with Gasteiger partial charge in [-0.25, -0.2) is 8.42 Å². The summed E-state index contributed by atoms with van der Waals surface area (Å²) in [7, 11) is -0.491. The maximum atomic E-state index is 13.2. The van der Waals surface area contributed by atoms with Gasteiger partial charge in [-0.15, -0.1) is 0 Å². The van der Waals surface area contributed by atoms with E-state index in [1.165, 1.54) is 0 Å². The lowest BCUT2D eigenvalue weighted by Gasteiger charge is -2.42. The molecule has 8 nitrogen and oxygen atoms in total. The number of fused-ring (bicyclic) bond motifs is 1. The predicted molar refractivity (Wildman–Crippen MR) is 159 cm³/mol. The summed E-state index contributed by atoms with van der Waals surface area (Å²) in [6.07, 6.45) is 1.60. The summed E-state index contributed by atoms with van der Waals surface area (Å²) in [6, 6.07) is 22.3. The molecule has 1 fully saturated rings. The number of piperazine rings is 1. The van der Waals surface area contributed by atoms with E-state index in [2.05, 4.69) is 39.1 Å². The fourth-order valence-corrected chi connectivity index (χ4v) is 6.54. The maximum Gasteiger partial charge on any atom is 0.264 e. The minimum atomic E-state index is -3.81. The molecule has 3 aromatic carbocycles. The largest absolute Gasteiger partial charge is 0.493 e. The number of nitrogens with zero attached hydrogens (tertiary/aromatic N) is 3. The van der Waals surface area contributed by atoms with Crippen molar-refractivity contribution < 1.29 is 17.9 Å². The average Bonchev–Trinajstić information content (AvgIpc) is 2.96. The van der Waals surface area contributed by atoms with Crippen LogP contribution in [0.5, 0.6) is 11.5 Å². The molecule has 0 amide bonds. The van der Waals surface area contributed by atoms with Gasteiger partial charge in [0.2, 0.25) is 0 Å². The van der Waals surface area contributed by atoms with Gasteiger partial charge in [-0.05, 0) is 42.8 Å². The third-order valence-electron chi connectivity index (χ3n) is 7.29. The summed E-state index contributed by atoms with van der Waals surface area (Å²) in [4.78, 5) is 9.14. The Morgan fingerprint density at radius 2 is 1.75 bits per heavy atom. The van der Waals surface area contributed by atoms with E-state index in [1.807, 2.05) is 36.4 Å². The van der Waals surface area contributed by atoms with Crippen LogP contribution in [-0.2, 0) is 16.6 Å². The molecule has 1 saturated heterocycles. The average molecular weight is 559 g/mol. The topological polar surface area (TPSA) is 84.0 Å². The maximum absolute atomic E-state index is 13.2. The standard InChI is InChI=1S/C31H34N4O4S/c1-22-20-34(21-26-9-5-11-28(38-3)31(26)39-4)18-19-35(22)23(2)24-13-15-27(16-14-24)33-40(36,37)29-12-6-8-25-10-7-17-32-30(25)29/h5-17,22,33H,2,18-21H2,1,3-4H3. The zero-order valence-corrected chi connectivity index (χ0v) is 23.8. The summed E-state index contributed by atoms with van der Waals surface area (Å²) in [5, 5.41) is 0.772. The number of para-hydroxylation sites is 2. The lowest BCUT2D eigenvalue weighted by Crippen LogP contribution is -2.50. The van der Waals surface area contributed by atoms with Gasteiger partial charge in [-0.1, -0.05) is 49.0 Å². The molecule has 40 heavy (non-hydrogen) atoms. The molecular weight excluding hydrogens is 524 g/mol. The van der Waals surface area contributed by atoms with E-state index in [-0.39, 0.29) is 10.9 Å². The molecule has 4 aromatic rings. The van der Waals surface area contributed by atoms with E-state index < -0.39 is 10.0 Å². The molecular formula is C31H34N4O4S. The van der Waals surface area contributed by atoms with E-state index in [9.17, 15) is 8.42 Å². The molecule has 1 aromatic heterocycles. The lowest BCUT2D eigenvalue weighted by molar-refractivity contribution is 0.122. The van der Waals surface area contributed by atoms with E-state index in [0.717, 1.165) is 59.9 Å². The van der Waals surface area contributed by atoms with Crippen LogP contribution in [0.15, 0.2) is 90.5 Å². The number of sulfonamides is 1. The number of pyridine rings is 1. The normalized spacial score (nSPS) is 16.1. The number of ether oxygens (including phenoxy) is 2. The summed E-state index contributed by atoms with van der Waals surface area (Å²) < 4.78 is 40.1. The van der Waals surface area contributed by atoms with Crippen molar-refractivity contribution in [2.75, 3.05) is 38.6 Å². The van der Waals surface area contributed by atoms with Crippen molar-refractivity contribution in [2.45, 2.75) is 24.4 Å². The van der Waals surface area contributed by atoms with Crippen molar-refractivity contribution in [3.8, 4) is 11.5 Å². The number of hydrogen-bond donors (Lipinski definition) is 1. The van der Waals surface area contributed by atoms with Crippen molar-refractivity contribution in [2.24, 2.45) is 0 Å². The zero-order valence-electron chi connectivity index (χ0n) is 23.0. The molecule has 1 atom stereocenters. The Morgan fingerprint density at radius 3 is 2.48 bits per heavy atom. The lowest BCUT2D eigenvalue weighted by atomic mass is 10.1. The van der Waals surface area contributed by atoms with Crippen molar-refractivity contribution in [3.63, 3.8) is 0 Å². The molecule has 0 spiro atoms. The molecule has 9 heteroatoms. The molecule has 0 radical (unpaired) electrons. The van der Waals surface area contributed by atoms with Gasteiger partial charge in [0.1, 0.15) is 4.90 Å². The SMILES string of the molecule is C=C(c1ccc(NS(=O)(=O)c2cccc3cccnc23)cc1)N1CCN(Cc2cccc(OC)c2OC)CC1C. The van der Waals surface area contributed by atoms with Gasteiger partial charge in [-0.3, -0.25) is 14.6 Å². The van der Waals surface area contributed by atoms with Crippen LogP contribution in [0.25, 0.3) is 16.6 Å². The Kier molecular flexibility index (Phi) is 7.95. The molecule has 0 aliphatic carbocycles. The quantitative estimate of drug-likeness (QED) is 0.301. The Bertz CT molecular complexity index is 1620. The third kappa shape index (κ3) is 5.61. The Morgan fingerprint density at radius 1 is 1.00 bits per heavy atom. The van der Waals surface area contributed by atoms with Gasteiger partial charge in [0.15, 0.2) is 11.5 Å². The summed E-state index contributed by atoms with van der Waals surface area (Å²) in [5.74, 6) is 1.51. The fraction of sp³-hybridized carbons (Fsp3) is 0.258. The first-order valence-corrected chi connectivity index (χ1v) is 14.6. The number of methoxy groups -OCH3 is 2. The second kappa shape index (κ2) is 11.6. The molecule has 1 N–H and O–H groups in total. The molecule has 5 rings (SSSR count). The number of benzene rings is 3. The molecule has 0 bridgehead atoms.